The van der Waals surface area contributed by atoms with Crippen molar-refractivity contribution in [3.05, 3.63) is 65.1 Å². The number of hydrogen-bond donors (Lipinski definition) is 1. The van der Waals surface area contributed by atoms with Gasteiger partial charge in [0.2, 0.25) is 10.0 Å². The van der Waals surface area contributed by atoms with Gasteiger partial charge in [-0.3, -0.25) is 9.03 Å². The molecule has 6 nitrogen and oxygen atoms in total. The van der Waals surface area contributed by atoms with Crippen LogP contribution in [0.15, 0.2) is 53.9 Å². The zero-order chi connectivity index (χ0) is 18.8. The largest absolute Gasteiger partial charge is 0.280 e. The lowest BCUT2D eigenvalue weighted by Crippen LogP contribution is -2.25. The Kier molecular flexibility index (Phi) is 5.06. The maximum Gasteiger partial charge on any atom is 0.255 e. The second kappa shape index (κ2) is 7.13. The van der Waals surface area contributed by atoms with Crippen molar-refractivity contribution in [3.8, 4) is 0 Å². The Morgan fingerprint density at radius 3 is 2.50 bits per heavy atom. The number of sulfonamides is 2. The number of nitrogens with one attached hydrogen (secondary N) is 1. The molecule has 0 bridgehead atoms. The van der Waals surface area contributed by atoms with Crippen LogP contribution in [0.3, 0.4) is 0 Å². The summed E-state index contributed by atoms with van der Waals surface area (Å²) in [5, 5.41) is 1.10. The van der Waals surface area contributed by atoms with Gasteiger partial charge in [-0.1, -0.05) is 36.4 Å². The number of nitrogens with zero attached hydrogens (tertiary/aromatic N) is 1. The summed E-state index contributed by atoms with van der Waals surface area (Å²) in [6.07, 6.45) is 2.07. The van der Waals surface area contributed by atoms with Gasteiger partial charge in [0.1, 0.15) is 0 Å². The predicted molar refractivity (Wildman–Crippen MR) is 105 cm³/mol. The van der Waals surface area contributed by atoms with E-state index in [1.54, 1.807) is 37.3 Å². The van der Waals surface area contributed by atoms with Crippen LogP contribution in [0.25, 0.3) is 6.08 Å². The smallest absolute Gasteiger partial charge is 0.255 e. The number of benzene rings is 2. The van der Waals surface area contributed by atoms with Gasteiger partial charge in [-0.05, 0) is 42.7 Å². The number of hydrogen-bond acceptors (Lipinski definition) is 4. The minimum Gasteiger partial charge on any atom is -0.280 e. The Hall–Kier alpha value is -2.32. The average Bonchev–Trinajstić information content (AvgIpc) is 2.95. The van der Waals surface area contributed by atoms with Crippen molar-refractivity contribution >= 4 is 37.5 Å². The molecule has 0 radical (unpaired) electrons. The summed E-state index contributed by atoms with van der Waals surface area (Å²) in [6, 6.07) is 14.1. The van der Waals surface area contributed by atoms with Gasteiger partial charge in [-0.15, -0.1) is 0 Å². The van der Waals surface area contributed by atoms with E-state index < -0.39 is 20.0 Å². The van der Waals surface area contributed by atoms with Crippen LogP contribution in [0.4, 0.5) is 11.4 Å². The highest BCUT2D eigenvalue weighted by molar-refractivity contribution is 7.95. The molecule has 138 valence electrons. The molecule has 2 aromatic carbocycles. The van der Waals surface area contributed by atoms with Gasteiger partial charge < -0.3 is 0 Å². The maximum atomic E-state index is 12.4. The van der Waals surface area contributed by atoms with Crippen LogP contribution in [-0.4, -0.2) is 29.1 Å². The third kappa shape index (κ3) is 4.25. The van der Waals surface area contributed by atoms with Crippen LogP contribution in [0.5, 0.6) is 0 Å². The Morgan fingerprint density at radius 2 is 1.85 bits per heavy atom. The van der Waals surface area contributed by atoms with Crippen LogP contribution in [0.1, 0.15) is 17.5 Å². The summed E-state index contributed by atoms with van der Waals surface area (Å²) in [7, 11) is -7.04. The molecule has 2 aromatic rings. The molecule has 1 heterocycles. The van der Waals surface area contributed by atoms with Crippen molar-refractivity contribution in [1.29, 1.82) is 0 Å². The summed E-state index contributed by atoms with van der Waals surface area (Å²) < 4.78 is 52.7. The fourth-order valence-corrected chi connectivity index (χ4v) is 5.21. The SMILES string of the molecule is Cc1ccc(N2CCCS2(=O)=O)cc1NS(=O)(=O)/C=C/c1ccccc1. The second-order valence-corrected chi connectivity index (χ2v) is 9.68. The van der Waals surface area contributed by atoms with Crippen LogP contribution in [0.2, 0.25) is 0 Å². The summed E-state index contributed by atoms with van der Waals surface area (Å²) in [4.78, 5) is 0. The Balaban J connectivity index is 1.85. The minimum atomic E-state index is -3.72. The average molecular weight is 393 g/mol. The molecule has 1 N–H and O–H groups in total. The molecular weight excluding hydrogens is 372 g/mol. The fraction of sp³-hybridized carbons (Fsp3) is 0.222. The highest BCUT2D eigenvalue weighted by Gasteiger charge is 2.28. The van der Waals surface area contributed by atoms with Crippen molar-refractivity contribution in [2.75, 3.05) is 21.3 Å². The van der Waals surface area contributed by atoms with E-state index in [1.807, 2.05) is 18.2 Å². The van der Waals surface area contributed by atoms with Crippen molar-refractivity contribution in [2.45, 2.75) is 13.3 Å². The van der Waals surface area contributed by atoms with Gasteiger partial charge in [0.25, 0.3) is 10.0 Å². The predicted octanol–water partition coefficient (Wildman–Crippen LogP) is 2.95. The van der Waals surface area contributed by atoms with Gasteiger partial charge in [-0.2, -0.15) is 0 Å². The molecule has 0 spiro atoms. The molecule has 26 heavy (non-hydrogen) atoms. The third-order valence-electron chi connectivity index (χ3n) is 4.10. The van der Waals surface area contributed by atoms with E-state index in [1.165, 1.54) is 10.4 Å². The molecule has 0 amide bonds. The number of rotatable bonds is 5. The highest BCUT2D eigenvalue weighted by atomic mass is 32.2. The fourth-order valence-electron chi connectivity index (χ4n) is 2.72. The van der Waals surface area contributed by atoms with Crippen LogP contribution < -0.4 is 9.03 Å². The normalized spacial score (nSPS) is 16.9. The standard InChI is InChI=1S/C18H20N2O4S2/c1-15-8-9-17(20-11-5-12-26(20,23)24)14-18(15)19-25(21,22)13-10-16-6-3-2-4-7-16/h2-4,6-10,13-14,19H,5,11-12H2,1H3/b13-10+. The minimum absolute atomic E-state index is 0.113. The maximum absolute atomic E-state index is 12.4. The van der Waals surface area contributed by atoms with Gasteiger partial charge in [0, 0.05) is 6.54 Å². The molecule has 1 aliphatic heterocycles. The summed E-state index contributed by atoms with van der Waals surface area (Å²) in [6.45, 7) is 2.17. The lowest BCUT2D eigenvalue weighted by Gasteiger charge is -2.19. The molecule has 8 heteroatoms. The number of aryl methyl sites for hydroxylation is 1. The van der Waals surface area contributed by atoms with Crippen molar-refractivity contribution in [1.82, 2.24) is 0 Å². The molecule has 0 atom stereocenters. The third-order valence-corrected chi connectivity index (χ3v) is 6.97. The molecule has 3 rings (SSSR count). The van der Waals surface area contributed by atoms with E-state index in [9.17, 15) is 16.8 Å². The zero-order valence-corrected chi connectivity index (χ0v) is 15.9. The van der Waals surface area contributed by atoms with E-state index in [-0.39, 0.29) is 5.75 Å². The van der Waals surface area contributed by atoms with Crippen molar-refractivity contribution in [3.63, 3.8) is 0 Å². The lowest BCUT2D eigenvalue weighted by molar-refractivity contribution is 0.599. The summed E-state index contributed by atoms with van der Waals surface area (Å²) >= 11 is 0. The van der Waals surface area contributed by atoms with Gasteiger partial charge >= 0.3 is 0 Å². The van der Waals surface area contributed by atoms with Crippen LogP contribution in [-0.2, 0) is 20.0 Å². The van der Waals surface area contributed by atoms with E-state index in [0.717, 1.165) is 11.0 Å². The summed E-state index contributed by atoms with van der Waals surface area (Å²) in [5.41, 5.74) is 2.31. The van der Waals surface area contributed by atoms with Crippen LogP contribution >= 0.6 is 0 Å². The zero-order valence-electron chi connectivity index (χ0n) is 14.3. The quantitative estimate of drug-likeness (QED) is 0.848. The van der Waals surface area contributed by atoms with Crippen molar-refractivity contribution in [2.24, 2.45) is 0 Å². The second-order valence-electron chi connectivity index (χ2n) is 6.10. The molecule has 0 aromatic heterocycles. The van der Waals surface area contributed by atoms with E-state index >= 15 is 0 Å². The van der Waals surface area contributed by atoms with Gasteiger partial charge in [-0.25, -0.2) is 16.8 Å². The molecule has 1 saturated heterocycles. The molecule has 1 aliphatic rings. The first kappa shape index (κ1) is 18.5. The Bertz CT molecular complexity index is 1030. The highest BCUT2D eigenvalue weighted by Crippen LogP contribution is 2.29. The van der Waals surface area contributed by atoms with E-state index in [2.05, 4.69) is 4.72 Å². The first-order valence-electron chi connectivity index (χ1n) is 8.14. The topological polar surface area (TPSA) is 83.6 Å². The first-order chi connectivity index (χ1) is 12.3. The molecule has 0 aliphatic carbocycles. The lowest BCUT2D eigenvalue weighted by atomic mass is 10.2. The first-order valence-corrected chi connectivity index (χ1v) is 11.3. The Morgan fingerprint density at radius 1 is 1.12 bits per heavy atom. The van der Waals surface area contributed by atoms with Gasteiger partial charge in [0.05, 0.1) is 22.5 Å². The summed E-state index contributed by atoms with van der Waals surface area (Å²) in [5.74, 6) is 0.113. The molecule has 1 fully saturated rings. The van der Waals surface area contributed by atoms with E-state index in [0.29, 0.717) is 29.9 Å². The number of anilines is 2. The Labute approximate surface area is 154 Å². The molecule has 0 saturated carbocycles. The molecule has 0 unspecified atom stereocenters. The monoisotopic (exact) mass is 392 g/mol. The van der Waals surface area contributed by atoms with Gasteiger partial charge in [0.15, 0.2) is 0 Å². The van der Waals surface area contributed by atoms with Crippen LogP contribution in [0, 0.1) is 6.92 Å². The van der Waals surface area contributed by atoms with E-state index in [4.69, 9.17) is 0 Å². The molecular formula is C18H20N2O4S2. The van der Waals surface area contributed by atoms with Crippen molar-refractivity contribution < 1.29 is 16.8 Å².